The van der Waals surface area contributed by atoms with E-state index in [9.17, 15) is 0 Å². The zero-order valence-electron chi connectivity index (χ0n) is 7.55. The standard InChI is InChI=1S/C8H8ClN5/c1-2-6-10-3-4-14(6)7-5-11-13-8(9)12-7/h3-5H,2H2,1H3. The Hall–Kier alpha value is -1.49. The van der Waals surface area contributed by atoms with Gasteiger partial charge in [0.15, 0.2) is 5.82 Å². The van der Waals surface area contributed by atoms with E-state index in [-0.39, 0.29) is 5.28 Å². The summed E-state index contributed by atoms with van der Waals surface area (Å²) in [5.74, 6) is 1.56. The molecule has 2 aromatic rings. The van der Waals surface area contributed by atoms with Crippen molar-refractivity contribution in [2.75, 3.05) is 0 Å². The lowest BCUT2D eigenvalue weighted by atomic mass is 10.4. The van der Waals surface area contributed by atoms with Crippen LogP contribution in [-0.4, -0.2) is 24.7 Å². The van der Waals surface area contributed by atoms with Gasteiger partial charge in [0.25, 0.3) is 0 Å². The monoisotopic (exact) mass is 209 g/mol. The van der Waals surface area contributed by atoms with Crippen molar-refractivity contribution in [2.45, 2.75) is 13.3 Å². The summed E-state index contributed by atoms with van der Waals surface area (Å²) in [7, 11) is 0. The van der Waals surface area contributed by atoms with E-state index >= 15 is 0 Å². The molecule has 0 saturated carbocycles. The number of hydrogen-bond acceptors (Lipinski definition) is 4. The van der Waals surface area contributed by atoms with E-state index in [1.54, 1.807) is 12.4 Å². The fourth-order valence-corrected chi connectivity index (χ4v) is 1.32. The third-order valence-electron chi connectivity index (χ3n) is 1.80. The predicted molar refractivity (Wildman–Crippen MR) is 51.3 cm³/mol. The molecule has 0 fully saturated rings. The first-order valence-corrected chi connectivity index (χ1v) is 4.57. The van der Waals surface area contributed by atoms with Crippen molar-refractivity contribution in [3.63, 3.8) is 0 Å². The van der Waals surface area contributed by atoms with Crippen LogP contribution in [0, 0.1) is 0 Å². The summed E-state index contributed by atoms with van der Waals surface area (Å²) >= 11 is 5.64. The molecule has 0 spiro atoms. The third kappa shape index (κ3) is 1.58. The second-order valence-corrected chi connectivity index (χ2v) is 2.99. The number of aromatic nitrogens is 5. The minimum Gasteiger partial charge on any atom is -0.286 e. The summed E-state index contributed by atoms with van der Waals surface area (Å²) in [6.45, 7) is 2.02. The number of aryl methyl sites for hydroxylation is 1. The van der Waals surface area contributed by atoms with Crippen LogP contribution in [0.15, 0.2) is 18.6 Å². The molecule has 0 aromatic carbocycles. The first-order valence-electron chi connectivity index (χ1n) is 4.19. The highest BCUT2D eigenvalue weighted by molar-refractivity contribution is 6.28. The topological polar surface area (TPSA) is 56.5 Å². The van der Waals surface area contributed by atoms with Gasteiger partial charge in [-0.3, -0.25) is 4.57 Å². The van der Waals surface area contributed by atoms with Crippen LogP contribution in [0.4, 0.5) is 0 Å². The molecule has 72 valence electrons. The van der Waals surface area contributed by atoms with Gasteiger partial charge in [0.05, 0.1) is 6.20 Å². The Morgan fingerprint density at radius 3 is 3.07 bits per heavy atom. The van der Waals surface area contributed by atoms with E-state index < -0.39 is 0 Å². The molecule has 2 rings (SSSR count). The lowest BCUT2D eigenvalue weighted by molar-refractivity contribution is 0.836. The van der Waals surface area contributed by atoms with Crippen LogP contribution in [0.5, 0.6) is 0 Å². The molecule has 0 bridgehead atoms. The Balaban J connectivity index is 2.49. The first-order chi connectivity index (χ1) is 6.81. The van der Waals surface area contributed by atoms with E-state index in [2.05, 4.69) is 20.2 Å². The Morgan fingerprint density at radius 1 is 1.50 bits per heavy atom. The lowest BCUT2D eigenvalue weighted by Gasteiger charge is -2.03. The highest BCUT2D eigenvalue weighted by atomic mass is 35.5. The van der Waals surface area contributed by atoms with E-state index in [1.807, 2.05) is 17.7 Å². The van der Waals surface area contributed by atoms with Gasteiger partial charge in [0.1, 0.15) is 5.82 Å². The smallest absolute Gasteiger partial charge is 0.244 e. The van der Waals surface area contributed by atoms with Gasteiger partial charge in [0, 0.05) is 18.8 Å². The van der Waals surface area contributed by atoms with Crippen LogP contribution in [-0.2, 0) is 6.42 Å². The van der Waals surface area contributed by atoms with Crippen molar-refractivity contribution in [1.29, 1.82) is 0 Å². The minimum atomic E-state index is 0.137. The van der Waals surface area contributed by atoms with Crippen molar-refractivity contribution in [2.24, 2.45) is 0 Å². The molecule has 14 heavy (non-hydrogen) atoms. The molecule has 0 aliphatic carbocycles. The maximum atomic E-state index is 5.64. The second-order valence-electron chi connectivity index (χ2n) is 2.65. The molecule has 0 amide bonds. The number of imidazole rings is 1. The molecule has 6 heteroatoms. The van der Waals surface area contributed by atoms with E-state index in [1.165, 1.54) is 0 Å². The molecule has 0 saturated heterocycles. The summed E-state index contributed by atoms with van der Waals surface area (Å²) in [6, 6.07) is 0. The molecule has 2 heterocycles. The molecule has 0 aliphatic rings. The van der Waals surface area contributed by atoms with Crippen LogP contribution < -0.4 is 0 Å². The van der Waals surface area contributed by atoms with E-state index in [4.69, 9.17) is 11.6 Å². The van der Waals surface area contributed by atoms with Crippen molar-refractivity contribution < 1.29 is 0 Å². The van der Waals surface area contributed by atoms with Crippen molar-refractivity contribution >= 4 is 11.6 Å². The summed E-state index contributed by atoms with van der Waals surface area (Å²) in [5, 5.41) is 7.44. The SMILES string of the molecule is CCc1nccn1-c1cnnc(Cl)n1. The van der Waals surface area contributed by atoms with Gasteiger partial charge in [-0.2, -0.15) is 10.1 Å². The van der Waals surface area contributed by atoms with Crippen molar-refractivity contribution in [1.82, 2.24) is 24.7 Å². The predicted octanol–water partition coefficient (Wildman–Crippen LogP) is 1.27. The Bertz CT molecular complexity index is 439. The van der Waals surface area contributed by atoms with Gasteiger partial charge < -0.3 is 0 Å². The van der Waals surface area contributed by atoms with Crippen molar-refractivity contribution in [3.8, 4) is 5.82 Å². The highest BCUT2D eigenvalue weighted by Crippen LogP contribution is 2.08. The summed E-state index contributed by atoms with van der Waals surface area (Å²) in [6.07, 6.45) is 5.91. The van der Waals surface area contributed by atoms with E-state index in [0.717, 1.165) is 12.2 Å². The molecular formula is C8H8ClN5. The number of halogens is 1. The molecule has 5 nitrogen and oxygen atoms in total. The second kappa shape index (κ2) is 3.71. The zero-order valence-corrected chi connectivity index (χ0v) is 8.31. The molecule has 0 N–H and O–H groups in total. The quantitative estimate of drug-likeness (QED) is 0.748. The largest absolute Gasteiger partial charge is 0.286 e. The zero-order chi connectivity index (χ0) is 9.97. The van der Waals surface area contributed by atoms with Gasteiger partial charge in [-0.1, -0.05) is 6.92 Å². The summed E-state index contributed by atoms with van der Waals surface area (Å²) in [5.41, 5.74) is 0. The van der Waals surface area contributed by atoms with Gasteiger partial charge in [-0.05, 0) is 11.6 Å². The van der Waals surface area contributed by atoms with Crippen LogP contribution >= 0.6 is 11.6 Å². The van der Waals surface area contributed by atoms with E-state index in [0.29, 0.717) is 5.82 Å². The van der Waals surface area contributed by atoms with Gasteiger partial charge >= 0.3 is 0 Å². The summed E-state index contributed by atoms with van der Waals surface area (Å²) < 4.78 is 1.83. The van der Waals surface area contributed by atoms with Gasteiger partial charge in [0.2, 0.25) is 5.28 Å². The fourth-order valence-electron chi connectivity index (χ4n) is 1.19. The fraction of sp³-hybridized carbons (Fsp3) is 0.250. The minimum absolute atomic E-state index is 0.137. The normalized spacial score (nSPS) is 10.4. The Morgan fingerprint density at radius 2 is 2.36 bits per heavy atom. The van der Waals surface area contributed by atoms with Crippen molar-refractivity contribution in [3.05, 3.63) is 29.7 Å². The molecule has 0 aliphatic heterocycles. The third-order valence-corrected chi connectivity index (χ3v) is 1.96. The van der Waals surface area contributed by atoms with Crippen LogP contribution in [0.1, 0.15) is 12.7 Å². The number of nitrogens with zero attached hydrogens (tertiary/aromatic N) is 5. The van der Waals surface area contributed by atoms with Crippen LogP contribution in [0.2, 0.25) is 5.28 Å². The molecule has 2 aromatic heterocycles. The molecule has 0 radical (unpaired) electrons. The first kappa shape index (κ1) is 9.08. The lowest BCUT2D eigenvalue weighted by Crippen LogP contribution is -2.03. The molecule has 0 unspecified atom stereocenters. The summed E-state index contributed by atoms with van der Waals surface area (Å²) in [4.78, 5) is 8.21. The van der Waals surface area contributed by atoms with Crippen LogP contribution in [0.3, 0.4) is 0 Å². The number of rotatable bonds is 2. The Labute approximate surface area is 85.8 Å². The maximum Gasteiger partial charge on any atom is 0.244 e. The highest BCUT2D eigenvalue weighted by Gasteiger charge is 2.05. The average Bonchev–Trinajstić information content (AvgIpc) is 2.65. The maximum absolute atomic E-state index is 5.64. The average molecular weight is 210 g/mol. The Kier molecular flexibility index (Phi) is 2.41. The number of hydrogen-bond donors (Lipinski definition) is 0. The van der Waals surface area contributed by atoms with Gasteiger partial charge in [-0.15, -0.1) is 5.10 Å². The molecule has 0 atom stereocenters. The molecular weight excluding hydrogens is 202 g/mol. The van der Waals surface area contributed by atoms with Gasteiger partial charge in [-0.25, -0.2) is 4.98 Å². The van der Waals surface area contributed by atoms with Crippen LogP contribution in [0.25, 0.3) is 5.82 Å².